The number of hydrogen-bond acceptors (Lipinski definition) is 4. The molecule has 0 saturated carbocycles. The fourth-order valence-electron chi connectivity index (χ4n) is 3.00. The van der Waals surface area contributed by atoms with E-state index in [2.05, 4.69) is 5.32 Å². The first kappa shape index (κ1) is 15.9. The fourth-order valence-corrected chi connectivity index (χ4v) is 4.59. The Bertz CT molecular complexity index is 789. The number of benzene rings is 1. The van der Waals surface area contributed by atoms with Gasteiger partial charge >= 0.3 is 5.97 Å². The molecule has 0 aromatic heterocycles. The number of carboxylic acid groups (broad SMARTS) is 1. The molecular weight excluding hydrogens is 320 g/mol. The van der Waals surface area contributed by atoms with Crippen molar-refractivity contribution >= 4 is 21.9 Å². The van der Waals surface area contributed by atoms with Gasteiger partial charge in [-0.2, -0.15) is 4.31 Å². The summed E-state index contributed by atoms with van der Waals surface area (Å²) in [7, 11) is -3.81. The predicted octanol–water partition coefficient (Wildman–Crippen LogP) is 0.458. The predicted molar refractivity (Wildman–Crippen MR) is 81.6 cm³/mol. The lowest BCUT2D eigenvalue weighted by Crippen LogP contribution is -2.35. The van der Waals surface area contributed by atoms with Crippen LogP contribution in [0, 0.1) is 5.41 Å². The highest BCUT2D eigenvalue weighted by atomic mass is 32.2. The van der Waals surface area contributed by atoms with E-state index in [0.717, 1.165) is 5.56 Å². The standard InChI is InChI=1S/C15H18N2O5S/c1-15(14(19)20)5-7-17(9-15)23(21,22)11-3-2-10-4-6-16-13(18)12(10)8-11/h2-3,8H,4-7,9H2,1H3,(H,16,18)(H,19,20). The van der Waals surface area contributed by atoms with E-state index in [9.17, 15) is 23.1 Å². The lowest BCUT2D eigenvalue weighted by Gasteiger charge is -2.21. The third-order valence-electron chi connectivity index (χ3n) is 4.60. The normalized spacial score (nSPS) is 25.0. The molecule has 1 unspecified atom stereocenters. The van der Waals surface area contributed by atoms with Crippen LogP contribution < -0.4 is 5.32 Å². The molecule has 0 radical (unpaired) electrons. The highest BCUT2D eigenvalue weighted by Gasteiger charge is 2.45. The van der Waals surface area contributed by atoms with Gasteiger partial charge in [-0.1, -0.05) is 6.07 Å². The highest BCUT2D eigenvalue weighted by Crippen LogP contribution is 2.34. The zero-order valence-corrected chi connectivity index (χ0v) is 13.5. The van der Waals surface area contributed by atoms with Gasteiger partial charge in [-0.25, -0.2) is 8.42 Å². The SMILES string of the molecule is CC1(C(=O)O)CCN(S(=O)(=O)c2ccc3c(c2)C(=O)NCC3)C1. The lowest BCUT2D eigenvalue weighted by molar-refractivity contribution is -0.146. The minimum Gasteiger partial charge on any atom is -0.481 e. The van der Waals surface area contributed by atoms with Gasteiger partial charge in [-0.3, -0.25) is 9.59 Å². The second-order valence-corrected chi connectivity index (χ2v) is 8.22. The van der Waals surface area contributed by atoms with Crippen molar-refractivity contribution in [1.82, 2.24) is 9.62 Å². The summed E-state index contributed by atoms with van der Waals surface area (Å²) in [5, 5.41) is 11.9. The van der Waals surface area contributed by atoms with Crippen molar-refractivity contribution in [3.05, 3.63) is 29.3 Å². The van der Waals surface area contributed by atoms with E-state index < -0.39 is 21.4 Å². The van der Waals surface area contributed by atoms with Crippen molar-refractivity contribution in [3.63, 3.8) is 0 Å². The number of carboxylic acids is 1. The monoisotopic (exact) mass is 338 g/mol. The summed E-state index contributed by atoms with van der Waals surface area (Å²) in [4.78, 5) is 23.2. The molecule has 0 spiro atoms. The molecular formula is C15H18N2O5S. The van der Waals surface area contributed by atoms with Crippen LogP contribution in [0.3, 0.4) is 0 Å². The second-order valence-electron chi connectivity index (χ2n) is 6.28. The van der Waals surface area contributed by atoms with E-state index in [1.54, 1.807) is 13.0 Å². The number of carbonyl (C=O) groups is 2. The molecule has 1 atom stereocenters. The summed E-state index contributed by atoms with van der Waals surface area (Å²) in [6, 6.07) is 4.53. The molecule has 1 aromatic carbocycles. The van der Waals surface area contributed by atoms with Gasteiger partial charge in [-0.15, -0.1) is 0 Å². The Morgan fingerprint density at radius 3 is 2.78 bits per heavy atom. The van der Waals surface area contributed by atoms with Crippen molar-refractivity contribution in [1.29, 1.82) is 0 Å². The number of hydrogen-bond donors (Lipinski definition) is 2. The number of carbonyl (C=O) groups excluding carboxylic acids is 1. The summed E-state index contributed by atoms with van der Waals surface area (Å²) in [5.41, 5.74) is 0.126. The average Bonchev–Trinajstić information content (AvgIpc) is 2.92. The zero-order valence-electron chi connectivity index (χ0n) is 12.7. The first-order chi connectivity index (χ1) is 10.7. The summed E-state index contributed by atoms with van der Waals surface area (Å²) >= 11 is 0. The van der Waals surface area contributed by atoms with Crippen LogP contribution in [-0.2, 0) is 21.2 Å². The van der Waals surface area contributed by atoms with Crippen LogP contribution in [0.15, 0.2) is 23.1 Å². The van der Waals surface area contributed by atoms with Crippen LogP contribution in [0.2, 0.25) is 0 Å². The number of sulfonamides is 1. The Hall–Kier alpha value is -1.93. The van der Waals surface area contributed by atoms with Crippen molar-refractivity contribution in [2.45, 2.75) is 24.7 Å². The van der Waals surface area contributed by atoms with Crippen molar-refractivity contribution in [3.8, 4) is 0 Å². The fraction of sp³-hybridized carbons (Fsp3) is 0.467. The van der Waals surface area contributed by atoms with E-state index in [-0.39, 0.29) is 30.3 Å². The Balaban J connectivity index is 1.94. The molecule has 2 N–H and O–H groups in total. The number of nitrogens with one attached hydrogen (secondary N) is 1. The van der Waals surface area contributed by atoms with Gasteiger partial charge in [-0.05, 0) is 37.5 Å². The molecule has 2 aliphatic heterocycles. The summed E-state index contributed by atoms with van der Waals surface area (Å²) in [6.45, 7) is 2.19. The van der Waals surface area contributed by atoms with E-state index in [4.69, 9.17) is 0 Å². The minimum absolute atomic E-state index is 0.0305. The minimum atomic E-state index is -3.81. The Morgan fingerprint density at radius 2 is 2.13 bits per heavy atom. The maximum Gasteiger partial charge on any atom is 0.310 e. The number of aliphatic carboxylic acids is 1. The summed E-state index contributed by atoms with van der Waals surface area (Å²) in [6.07, 6.45) is 0.940. The first-order valence-electron chi connectivity index (χ1n) is 7.39. The van der Waals surface area contributed by atoms with Crippen molar-refractivity contribution in [2.75, 3.05) is 19.6 Å². The molecule has 1 amide bonds. The van der Waals surface area contributed by atoms with Gasteiger partial charge in [0.25, 0.3) is 5.91 Å². The maximum absolute atomic E-state index is 12.7. The van der Waals surface area contributed by atoms with Crippen LogP contribution in [0.25, 0.3) is 0 Å². The second kappa shape index (κ2) is 5.31. The molecule has 124 valence electrons. The smallest absolute Gasteiger partial charge is 0.310 e. The van der Waals surface area contributed by atoms with Gasteiger partial charge in [0.1, 0.15) is 0 Å². The highest BCUT2D eigenvalue weighted by molar-refractivity contribution is 7.89. The largest absolute Gasteiger partial charge is 0.481 e. The zero-order chi connectivity index (χ0) is 16.8. The van der Waals surface area contributed by atoms with Crippen LogP contribution in [0.4, 0.5) is 0 Å². The Morgan fingerprint density at radius 1 is 1.39 bits per heavy atom. The number of rotatable bonds is 3. The Labute approximate surface area is 134 Å². The average molecular weight is 338 g/mol. The summed E-state index contributed by atoms with van der Waals surface area (Å²) in [5.74, 6) is -1.28. The topological polar surface area (TPSA) is 104 Å². The number of nitrogens with zero attached hydrogens (tertiary/aromatic N) is 1. The van der Waals surface area contributed by atoms with Crippen molar-refractivity contribution < 1.29 is 23.1 Å². The molecule has 1 saturated heterocycles. The molecule has 1 fully saturated rings. The van der Waals surface area contributed by atoms with Gasteiger partial charge in [0.15, 0.2) is 0 Å². The molecule has 3 rings (SSSR count). The molecule has 7 nitrogen and oxygen atoms in total. The van der Waals surface area contributed by atoms with E-state index in [1.807, 2.05) is 0 Å². The van der Waals surface area contributed by atoms with E-state index >= 15 is 0 Å². The quantitative estimate of drug-likeness (QED) is 0.833. The van der Waals surface area contributed by atoms with E-state index in [0.29, 0.717) is 18.5 Å². The number of fused-ring (bicyclic) bond motifs is 1. The van der Waals surface area contributed by atoms with E-state index in [1.165, 1.54) is 16.4 Å². The Kier molecular flexibility index (Phi) is 3.68. The summed E-state index contributed by atoms with van der Waals surface area (Å²) < 4.78 is 26.7. The molecule has 23 heavy (non-hydrogen) atoms. The van der Waals surface area contributed by atoms with Crippen LogP contribution >= 0.6 is 0 Å². The van der Waals surface area contributed by atoms with Gasteiger partial charge in [0.05, 0.1) is 10.3 Å². The molecule has 8 heteroatoms. The van der Waals surface area contributed by atoms with Crippen molar-refractivity contribution in [2.24, 2.45) is 5.41 Å². The van der Waals surface area contributed by atoms with Crippen LogP contribution in [0.1, 0.15) is 29.3 Å². The third kappa shape index (κ3) is 2.61. The third-order valence-corrected chi connectivity index (χ3v) is 6.44. The molecule has 0 aliphatic carbocycles. The van der Waals surface area contributed by atoms with Gasteiger partial charge in [0.2, 0.25) is 10.0 Å². The van der Waals surface area contributed by atoms with Crippen LogP contribution in [-0.4, -0.2) is 49.3 Å². The number of amides is 1. The van der Waals surface area contributed by atoms with Gasteiger partial charge in [0, 0.05) is 25.2 Å². The van der Waals surface area contributed by atoms with Gasteiger partial charge < -0.3 is 10.4 Å². The lowest BCUT2D eigenvalue weighted by atomic mass is 9.90. The maximum atomic E-state index is 12.7. The van der Waals surface area contributed by atoms with Crippen LogP contribution in [0.5, 0.6) is 0 Å². The molecule has 0 bridgehead atoms. The molecule has 2 heterocycles. The molecule has 1 aromatic rings. The molecule has 2 aliphatic rings. The first-order valence-corrected chi connectivity index (χ1v) is 8.83.